The van der Waals surface area contributed by atoms with Crippen LogP contribution in [0.4, 0.5) is 0 Å². The third kappa shape index (κ3) is 33.2. The number of hydrogen-bond acceptors (Lipinski definition) is 2. The van der Waals surface area contributed by atoms with E-state index < -0.39 is 11.9 Å². The van der Waals surface area contributed by atoms with Crippen molar-refractivity contribution in [2.45, 2.75) is 98.3 Å². The summed E-state index contributed by atoms with van der Waals surface area (Å²) in [5, 5.41) is 16.7. The maximum atomic E-state index is 10.1. The van der Waals surface area contributed by atoms with Gasteiger partial charge in [0.1, 0.15) is 0 Å². The number of carboxylic acids is 2. The third-order valence-corrected chi connectivity index (χ3v) is 3.59. The number of aliphatic carboxylic acids is 2. The van der Waals surface area contributed by atoms with Gasteiger partial charge in [-0.15, -0.1) is 0 Å². The van der Waals surface area contributed by atoms with Crippen LogP contribution >= 0.6 is 0 Å². The molecule has 0 rings (SSSR count). The van der Waals surface area contributed by atoms with E-state index in [-0.39, 0.29) is 17.1 Å². The first-order valence-electron chi connectivity index (χ1n) is 9.19. The predicted octanol–water partition coefficient (Wildman–Crippen LogP) is 5.74. The minimum absolute atomic E-state index is 0. The van der Waals surface area contributed by atoms with Gasteiger partial charge in [-0.05, 0) is 24.7 Å². The van der Waals surface area contributed by atoms with E-state index in [0.29, 0.717) is 12.8 Å². The molecule has 0 fully saturated rings. The normalized spacial score (nSPS) is 10.1. The largest absolute Gasteiger partial charge is 0.481 e. The van der Waals surface area contributed by atoms with Gasteiger partial charge in [0.25, 0.3) is 0 Å². The summed E-state index contributed by atoms with van der Waals surface area (Å²) in [5.74, 6) is 0.192. The Morgan fingerprint density at radius 2 is 0.917 bits per heavy atom. The fourth-order valence-corrected chi connectivity index (χ4v) is 2.19. The number of hydrogen-bond donors (Lipinski definition) is 2. The van der Waals surface area contributed by atoms with Crippen LogP contribution in [0.1, 0.15) is 98.3 Å². The van der Waals surface area contributed by atoms with Crippen molar-refractivity contribution in [3.8, 4) is 0 Å². The fourth-order valence-electron chi connectivity index (χ4n) is 2.19. The molecule has 0 saturated carbocycles. The molecule has 149 valence electrons. The second-order valence-electron chi connectivity index (χ2n) is 7.13. The van der Waals surface area contributed by atoms with E-state index in [9.17, 15) is 9.59 Å². The second-order valence-corrected chi connectivity index (χ2v) is 7.13. The van der Waals surface area contributed by atoms with Gasteiger partial charge >= 0.3 is 11.9 Å². The molecule has 0 atom stereocenters. The van der Waals surface area contributed by atoms with E-state index in [4.69, 9.17) is 10.2 Å². The molecule has 0 spiro atoms. The molecule has 0 heterocycles. The van der Waals surface area contributed by atoms with Gasteiger partial charge in [0.2, 0.25) is 0 Å². The topological polar surface area (TPSA) is 74.6 Å². The Bertz CT molecular complexity index is 291. The molecule has 0 aliphatic carbocycles. The summed E-state index contributed by atoms with van der Waals surface area (Å²) in [4.78, 5) is 20.2. The summed E-state index contributed by atoms with van der Waals surface area (Å²) in [6.07, 6.45) is 10.6. The van der Waals surface area contributed by atoms with Gasteiger partial charge < -0.3 is 10.2 Å². The van der Waals surface area contributed by atoms with Gasteiger partial charge in [0, 0.05) is 29.9 Å². The SMILES string of the molecule is CC(C)CCCCCC(=O)O.CC(C)CCCCCCC(=O)O.[Cu]. The molecule has 4 nitrogen and oxygen atoms in total. The summed E-state index contributed by atoms with van der Waals surface area (Å²) in [6.45, 7) is 8.82. The summed E-state index contributed by atoms with van der Waals surface area (Å²) in [5.41, 5.74) is 0. The molecule has 5 heteroatoms. The zero-order valence-electron chi connectivity index (χ0n) is 15.9. The zero-order valence-corrected chi connectivity index (χ0v) is 16.9. The van der Waals surface area contributed by atoms with Gasteiger partial charge in [-0.1, -0.05) is 72.6 Å². The van der Waals surface area contributed by atoms with E-state index >= 15 is 0 Å². The maximum Gasteiger partial charge on any atom is 0.303 e. The minimum Gasteiger partial charge on any atom is -0.481 e. The molecule has 0 amide bonds. The quantitative estimate of drug-likeness (QED) is 0.309. The van der Waals surface area contributed by atoms with Gasteiger partial charge in [-0.25, -0.2) is 0 Å². The molecular weight excluding hydrogens is 356 g/mol. The first-order valence-corrected chi connectivity index (χ1v) is 9.19. The summed E-state index contributed by atoms with van der Waals surface area (Å²) in [7, 11) is 0. The molecule has 0 saturated heterocycles. The first-order chi connectivity index (χ1) is 10.8. The molecule has 0 unspecified atom stereocenters. The van der Waals surface area contributed by atoms with Crippen molar-refractivity contribution < 1.29 is 36.9 Å². The average molecular weight is 394 g/mol. The van der Waals surface area contributed by atoms with Gasteiger partial charge in [0.05, 0.1) is 0 Å². The Hall–Kier alpha value is -0.541. The number of carbonyl (C=O) groups is 2. The summed E-state index contributed by atoms with van der Waals surface area (Å²) in [6, 6.07) is 0. The van der Waals surface area contributed by atoms with Crippen LogP contribution < -0.4 is 0 Å². The molecule has 1 radical (unpaired) electrons. The summed E-state index contributed by atoms with van der Waals surface area (Å²) >= 11 is 0. The molecule has 0 aromatic heterocycles. The molecule has 24 heavy (non-hydrogen) atoms. The van der Waals surface area contributed by atoms with Crippen molar-refractivity contribution in [1.29, 1.82) is 0 Å². The van der Waals surface area contributed by atoms with E-state index in [2.05, 4.69) is 27.7 Å². The van der Waals surface area contributed by atoms with E-state index in [1.54, 1.807) is 0 Å². The Kier molecular flexibility index (Phi) is 24.2. The Morgan fingerprint density at radius 3 is 1.21 bits per heavy atom. The van der Waals surface area contributed by atoms with E-state index in [1.807, 2.05) is 0 Å². The average Bonchev–Trinajstić information content (AvgIpc) is 2.41. The summed E-state index contributed by atoms with van der Waals surface area (Å²) < 4.78 is 0. The van der Waals surface area contributed by atoms with Crippen LogP contribution in [-0.4, -0.2) is 22.2 Å². The van der Waals surface area contributed by atoms with Crippen LogP contribution in [0.2, 0.25) is 0 Å². The van der Waals surface area contributed by atoms with Gasteiger partial charge in [0.15, 0.2) is 0 Å². The molecule has 0 aromatic carbocycles. The second kappa shape index (κ2) is 20.5. The van der Waals surface area contributed by atoms with E-state index in [0.717, 1.165) is 37.5 Å². The smallest absolute Gasteiger partial charge is 0.303 e. The minimum atomic E-state index is -0.672. The van der Waals surface area contributed by atoms with Crippen LogP contribution in [0.3, 0.4) is 0 Å². The molecule has 0 bridgehead atoms. The van der Waals surface area contributed by atoms with Crippen molar-refractivity contribution in [3.63, 3.8) is 0 Å². The van der Waals surface area contributed by atoms with Crippen molar-refractivity contribution in [2.75, 3.05) is 0 Å². The molecule has 0 aliphatic heterocycles. The molecule has 0 aliphatic rings. The van der Waals surface area contributed by atoms with Crippen LogP contribution in [0.5, 0.6) is 0 Å². The fraction of sp³-hybridized carbons (Fsp3) is 0.895. The molecule has 0 aromatic rings. The predicted molar refractivity (Wildman–Crippen MR) is 95.7 cm³/mol. The van der Waals surface area contributed by atoms with Crippen LogP contribution in [0.15, 0.2) is 0 Å². The Labute approximate surface area is 159 Å². The zero-order chi connectivity index (χ0) is 18.1. The molecular formula is C19H38CuO4. The van der Waals surface area contributed by atoms with Gasteiger partial charge in [-0.3, -0.25) is 9.59 Å². The number of carboxylic acid groups (broad SMARTS) is 2. The van der Waals surface area contributed by atoms with Crippen LogP contribution in [0.25, 0.3) is 0 Å². The van der Waals surface area contributed by atoms with E-state index in [1.165, 1.54) is 32.1 Å². The van der Waals surface area contributed by atoms with Gasteiger partial charge in [-0.2, -0.15) is 0 Å². The standard InChI is InChI=1S/C10H20O2.C9H18O2.Cu/c1-9(2)7-5-3-4-6-8-10(11)12;1-8(2)6-4-3-5-7-9(10)11;/h9H,3-8H2,1-2H3,(H,11,12);8H,3-7H2,1-2H3,(H,10,11);. The van der Waals surface area contributed by atoms with Crippen molar-refractivity contribution in [3.05, 3.63) is 0 Å². The van der Waals surface area contributed by atoms with Crippen molar-refractivity contribution in [1.82, 2.24) is 0 Å². The number of unbranched alkanes of at least 4 members (excludes halogenated alkanes) is 5. The Balaban J connectivity index is -0.000000354. The third-order valence-electron chi connectivity index (χ3n) is 3.59. The molecule has 2 N–H and O–H groups in total. The first kappa shape index (κ1) is 28.3. The monoisotopic (exact) mass is 393 g/mol. The van der Waals surface area contributed by atoms with Crippen LogP contribution in [0, 0.1) is 11.8 Å². The number of rotatable bonds is 13. The van der Waals surface area contributed by atoms with Crippen LogP contribution in [-0.2, 0) is 26.7 Å². The van der Waals surface area contributed by atoms with Crippen molar-refractivity contribution >= 4 is 11.9 Å². The van der Waals surface area contributed by atoms with Crippen molar-refractivity contribution in [2.24, 2.45) is 11.8 Å². The maximum absolute atomic E-state index is 10.1. The Morgan fingerprint density at radius 1 is 0.625 bits per heavy atom.